The molecule has 0 radical (unpaired) electrons. The number of rotatable bonds is 3. The van der Waals surface area contributed by atoms with E-state index in [1.54, 1.807) is 4.68 Å². The van der Waals surface area contributed by atoms with Gasteiger partial charge >= 0.3 is 0 Å². The maximum absolute atomic E-state index is 6.07. The van der Waals surface area contributed by atoms with E-state index in [1.165, 1.54) is 0 Å². The van der Waals surface area contributed by atoms with Gasteiger partial charge in [0.25, 0.3) is 0 Å². The Kier molecular flexibility index (Phi) is 3.03. The highest BCUT2D eigenvalue weighted by atomic mass is 35.5. The molecule has 0 aliphatic rings. The van der Waals surface area contributed by atoms with Crippen LogP contribution in [0.25, 0.3) is 11.5 Å². The lowest BCUT2D eigenvalue weighted by Gasteiger charge is -2.01. The van der Waals surface area contributed by atoms with E-state index in [0.717, 1.165) is 22.9 Å². The average molecular weight is 275 g/mol. The number of aromatic nitrogens is 4. The van der Waals surface area contributed by atoms with E-state index < -0.39 is 0 Å². The molecule has 0 spiro atoms. The van der Waals surface area contributed by atoms with E-state index in [4.69, 9.17) is 11.6 Å². The number of hydrogen-bond acceptors (Lipinski definition) is 2. The lowest BCUT2D eigenvalue weighted by Crippen LogP contribution is -2.01. The molecular weight excluding hydrogens is 260 g/mol. The number of nitrogens with zero attached hydrogens (tertiary/aromatic N) is 4. The molecule has 0 aliphatic carbocycles. The number of pyridine rings is 1. The molecule has 0 saturated heterocycles. The third-order valence-electron chi connectivity index (χ3n) is 3.15. The van der Waals surface area contributed by atoms with Crippen LogP contribution in [-0.4, -0.2) is 19.2 Å². The van der Waals surface area contributed by atoms with Gasteiger partial charge in [-0.1, -0.05) is 19.9 Å². The molecule has 3 rings (SSSR count). The van der Waals surface area contributed by atoms with Crippen LogP contribution in [0.1, 0.15) is 31.2 Å². The maximum atomic E-state index is 6.07. The molecule has 4 nitrogen and oxygen atoms in total. The van der Waals surface area contributed by atoms with Gasteiger partial charge in [0, 0.05) is 12.4 Å². The molecule has 98 valence electrons. The van der Waals surface area contributed by atoms with E-state index in [9.17, 15) is 0 Å². The van der Waals surface area contributed by atoms with Crippen molar-refractivity contribution in [3.8, 4) is 5.82 Å². The normalized spacial score (nSPS) is 11.6. The summed E-state index contributed by atoms with van der Waals surface area (Å²) in [6.07, 6.45) is 3.91. The van der Waals surface area contributed by atoms with Crippen molar-refractivity contribution in [3.63, 3.8) is 0 Å². The zero-order chi connectivity index (χ0) is 13.4. The van der Waals surface area contributed by atoms with E-state index >= 15 is 0 Å². The molecule has 0 unspecified atom stereocenters. The molecule has 0 fully saturated rings. The number of imidazole rings is 1. The summed E-state index contributed by atoms with van der Waals surface area (Å²) in [6.45, 7) is 4.25. The summed E-state index contributed by atoms with van der Waals surface area (Å²) in [5.74, 6) is 1.60. The molecule has 3 aromatic rings. The third kappa shape index (κ3) is 2.02. The first-order valence-electron chi connectivity index (χ1n) is 6.28. The highest BCUT2D eigenvalue weighted by Gasteiger charge is 2.14. The van der Waals surface area contributed by atoms with E-state index in [0.29, 0.717) is 11.8 Å². The first-order valence-corrected chi connectivity index (χ1v) is 6.82. The molecule has 3 aromatic heterocycles. The average Bonchev–Trinajstić information content (AvgIpc) is 3.02. The van der Waals surface area contributed by atoms with Crippen molar-refractivity contribution in [2.24, 2.45) is 0 Å². The van der Waals surface area contributed by atoms with Gasteiger partial charge in [-0.2, -0.15) is 5.10 Å². The molecule has 0 aromatic carbocycles. The molecular formula is C14H15ClN4. The minimum atomic E-state index is 0.400. The smallest absolute Gasteiger partial charge is 0.176 e. The van der Waals surface area contributed by atoms with Crippen LogP contribution in [0.5, 0.6) is 0 Å². The van der Waals surface area contributed by atoms with Gasteiger partial charge in [0.2, 0.25) is 0 Å². The van der Waals surface area contributed by atoms with E-state index in [2.05, 4.69) is 23.9 Å². The lowest BCUT2D eigenvalue weighted by molar-refractivity contribution is 0.756. The van der Waals surface area contributed by atoms with Crippen LogP contribution in [0.3, 0.4) is 0 Å². The molecule has 0 amide bonds. The first-order chi connectivity index (χ1) is 9.20. The fourth-order valence-electron chi connectivity index (χ4n) is 2.11. The van der Waals surface area contributed by atoms with Crippen molar-refractivity contribution in [2.75, 3.05) is 0 Å². The quantitative estimate of drug-likeness (QED) is 0.686. The highest BCUT2D eigenvalue weighted by Crippen LogP contribution is 2.20. The third-order valence-corrected chi connectivity index (χ3v) is 3.41. The minimum Gasteiger partial charge on any atom is -0.301 e. The van der Waals surface area contributed by atoms with Crippen LogP contribution >= 0.6 is 11.6 Å². The first kappa shape index (κ1) is 12.2. The fourth-order valence-corrected chi connectivity index (χ4v) is 2.35. The van der Waals surface area contributed by atoms with Gasteiger partial charge in [-0.3, -0.25) is 0 Å². The molecule has 0 atom stereocenters. The van der Waals surface area contributed by atoms with Crippen LogP contribution in [0.4, 0.5) is 0 Å². The van der Waals surface area contributed by atoms with Gasteiger partial charge in [0.15, 0.2) is 5.82 Å². The summed E-state index contributed by atoms with van der Waals surface area (Å²) in [5, 5.41) is 4.57. The van der Waals surface area contributed by atoms with Gasteiger partial charge < -0.3 is 4.40 Å². The van der Waals surface area contributed by atoms with Crippen LogP contribution in [0.2, 0.25) is 0 Å². The van der Waals surface area contributed by atoms with Crippen molar-refractivity contribution >= 4 is 17.2 Å². The van der Waals surface area contributed by atoms with Crippen molar-refractivity contribution in [1.29, 1.82) is 0 Å². The second kappa shape index (κ2) is 4.70. The predicted octanol–water partition coefficient (Wildman–Crippen LogP) is 3.38. The molecule has 0 bridgehead atoms. The van der Waals surface area contributed by atoms with Gasteiger partial charge in [-0.05, 0) is 24.1 Å². The van der Waals surface area contributed by atoms with Gasteiger partial charge in [-0.15, -0.1) is 11.6 Å². The fraction of sp³-hybridized carbons (Fsp3) is 0.286. The molecule has 19 heavy (non-hydrogen) atoms. The Balaban J connectivity index is 2.18. The van der Waals surface area contributed by atoms with Crippen molar-refractivity contribution < 1.29 is 0 Å². The lowest BCUT2D eigenvalue weighted by atomic mass is 10.1. The monoisotopic (exact) mass is 274 g/mol. The standard InChI is InChI=1S/C14H15ClN4/c1-10(2)11-6-8-19(17-11)14-12(9-15)18-7-4-3-5-13(18)16-14/h3-8,10H,9H2,1-2H3. The van der Waals surface area contributed by atoms with Gasteiger partial charge in [-0.25, -0.2) is 9.67 Å². The van der Waals surface area contributed by atoms with E-state index in [-0.39, 0.29) is 0 Å². The number of halogens is 1. The molecule has 3 heterocycles. The Bertz CT molecular complexity index is 711. The zero-order valence-electron chi connectivity index (χ0n) is 10.9. The Morgan fingerprint density at radius 1 is 1.21 bits per heavy atom. The summed E-state index contributed by atoms with van der Waals surface area (Å²) >= 11 is 6.07. The van der Waals surface area contributed by atoms with Crippen molar-refractivity contribution in [2.45, 2.75) is 25.6 Å². The Morgan fingerprint density at radius 3 is 2.74 bits per heavy atom. The summed E-state index contributed by atoms with van der Waals surface area (Å²) in [5.41, 5.74) is 2.89. The molecule has 5 heteroatoms. The summed E-state index contributed by atoms with van der Waals surface area (Å²) in [4.78, 5) is 4.61. The van der Waals surface area contributed by atoms with Crippen LogP contribution in [-0.2, 0) is 5.88 Å². The van der Waals surface area contributed by atoms with Crippen LogP contribution in [0, 0.1) is 0 Å². The predicted molar refractivity (Wildman–Crippen MR) is 76.0 cm³/mol. The van der Waals surface area contributed by atoms with Crippen LogP contribution in [0.15, 0.2) is 36.7 Å². The summed E-state index contributed by atoms with van der Waals surface area (Å²) in [7, 11) is 0. The summed E-state index contributed by atoms with van der Waals surface area (Å²) in [6, 6.07) is 7.92. The van der Waals surface area contributed by atoms with Gasteiger partial charge in [0.1, 0.15) is 5.65 Å². The van der Waals surface area contributed by atoms with Gasteiger partial charge in [0.05, 0.1) is 17.3 Å². The SMILES string of the molecule is CC(C)c1ccn(-c2nc3ccccn3c2CCl)n1. The summed E-state index contributed by atoms with van der Waals surface area (Å²) < 4.78 is 3.80. The Morgan fingerprint density at radius 2 is 2.05 bits per heavy atom. The maximum Gasteiger partial charge on any atom is 0.176 e. The Labute approximate surface area is 116 Å². The number of alkyl halides is 1. The minimum absolute atomic E-state index is 0.400. The van der Waals surface area contributed by atoms with Crippen molar-refractivity contribution in [1.82, 2.24) is 19.2 Å². The second-order valence-corrected chi connectivity index (χ2v) is 5.05. The zero-order valence-corrected chi connectivity index (χ0v) is 11.7. The van der Waals surface area contributed by atoms with E-state index in [1.807, 2.05) is 41.1 Å². The second-order valence-electron chi connectivity index (χ2n) is 4.78. The number of hydrogen-bond donors (Lipinski definition) is 0. The largest absolute Gasteiger partial charge is 0.301 e. The van der Waals surface area contributed by atoms with Crippen LogP contribution < -0.4 is 0 Å². The molecule has 0 N–H and O–H groups in total. The molecule has 0 saturated carbocycles. The Hall–Kier alpha value is -1.81. The number of fused-ring (bicyclic) bond motifs is 1. The van der Waals surface area contributed by atoms with Crippen molar-refractivity contribution in [3.05, 3.63) is 48.0 Å². The molecule has 0 aliphatic heterocycles. The topological polar surface area (TPSA) is 35.1 Å². The highest BCUT2D eigenvalue weighted by molar-refractivity contribution is 6.17.